The predicted octanol–water partition coefficient (Wildman–Crippen LogP) is 1.13. The molecule has 0 atom stereocenters. The summed E-state index contributed by atoms with van der Waals surface area (Å²) in [7, 11) is 4.53. The maximum atomic E-state index is 11.9. The molecule has 1 fully saturated rings. The third kappa shape index (κ3) is 5.13. The largest absolute Gasteiger partial charge is 0.493 e. The van der Waals surface area contributed by atoms with Crippen molar-refractivity contribution in [2.24, 2.45) is 0 Å². The van der Waals surface area contributed by atoms with E-state index in [1.165, 1.54) is 27.4 Å². The molecule has 0 spiro atoms. The lowest BCUT2D eigenvalue weighted by Crippen LogP contribution is -2.42. The van der Waals surface area contributed by atoms with Crippen LogP contribution in [0.5, 0.6) is 17.2 Å². The Morgan fingerprint density at radius 3 is 2.23 bits per heavy atom. The minimum atomic E-state index is -0.611. The highest BCUT2D eigenvalue weighted by atomic mass is 16.5. The molecule has 8 nitrogen and oxygen atoms in total. The van der Waals surface area contributed by atoms with Crippen molar-refractivity contribution in [3.05, 3.63) is 23.8 Å². The lowest BCUT2D eigenvalue weighted by molar-refractivity contribution is -0.150. The summed E-state index contributed by atoms with van der Waals surface area (Å²) in [6.07, 6.45) is 2.79. The molecule has 0 bridgehead atoms. The van der Waals surface area contributed by atoms with E-state index in [4.69, 9.17) is 23.7 Å². The number of morpholine rings is 1. The van der Waals surface area contributed by atoms with Crippen LogP contribution in [0.2, 0.25) is 0 Å². The highest BCUT2D eigenvalue weighted by Crippen LogP contribution is 2.38. The van der Waals surface area contributed by atoms with E-state index in [0.717, 1.165) is 0 Å². The van der Waals surface area contributed by atoms with Crippen molar-refractivity contribution >= 4 is 18.0 Å². The number of benzene rings is 1. The molecule has 0 radical (unpaired) electrons. The van der Waals surface area contributed by atoms with Gasteiger partial charge in [0.1, 0.15) is 0 Å². The van der Waals surface area contributed by atoms with Gasteiger partial charge in [-0.3, -0.25) is 4.79 Å². The number of hydrogen-bond donors (Lipinski definition) is 0. The molecule has 1 aliphatic heterocycles. The number of nitrogens with zero attached hydrogens (tertiary/aromatic N) is 1. The van der Waals surface area contributed by atoms with Gasteiger partial charge in [-0.25, -0.2) is 4.79 Å². The maximum Gasteiger partial charge on any atom is 0.331 e. The molecular formula is C18H23NO7. The van der Waals surface area contributed by atoms with E-state index in [2.05, 4.69) is 0 Å². The van der Waals surface area contributed by atoms with E-state index < -0.39 is 5.97 Å². The standard InChI is InChI=1S/C18H23NO7/c1-22-14-10-13(11-15(23-2)18(14)24-3)4-5-17(21)26-12-16(20)19-6-8-25-9-7-19/h4-5,10-11H,6-9,12H2,1-3H3. The highest BCUT2D eigenvalue weighted by molar-refractivity contribution is 5.89. The van der Waals surface area contributed by atoms with Crippen LogP contribution < -0.4 is 14.2 Å². The van der Waals surface area contributed by atoms with Crippen LogP contribution in [0.1, 0.15) is 5.56 Å². The Morgan fingerprint density at radius 2 is 1.69 bits per heavy atom. The number of methoxy groups -OCH3 is 3. The van der Waals surface area contributed by atoms with Gasteiger partial charge in [0.05, 0.1) is 34.5 Å². The van der Waals surface area contributed by atoms with E-state index in [0.29, 0.717) is 49.1 Å². The summed E-state index contributed by atoms with van der Waals surface area (Å²) in [5.74, 6) is 0.568. The molecule has 1 aromatic carbocycles. The molecule has 0 unspecified atom stereocenters. The number of hydrogen-bond acceptors (Lipinski definition) is 7. The van der Waals surface area contributed by atoms with E-state index in [1.807, 2.05) is 0 Å². The predicted molar refractivity (Wildman–Crippen MR) is 93.5 cm³/mol. The third-order valence-corrected chi connectivity index (χ3v) is 3.80. The fourth-order valence-electron chi connectivity index (χ4n) is 2.45. The Kier molecular flexibility index (Phi) is 7.28. The van der Waals surface area contributed by atoms with Crippen LogP contribution in [0.25, 0.3) is 6.08 Å². The summed E-state index contributed by atoms with van der Waals surface area (Å²) >= 11 is 0. The van der Waals surface area contributed by atoms with Crippen molar-refractivity contribution in [3.63, 3.8) is 0 Å². The first-order valence-electron chi connectivity index (χ1n) is 8.09. The normalized spacial score (nSPS) is 14.2. The van der Waals surface area contributed by atoms with Gasteiger partial charge in [-0.2, -0.15) is 0 Å². The van der Waals surface area contributed by atoms with Crippen molar-refractivity contribution in [2.45, 2.75) is 0 Å². The summed E-state index contributed by atoms with van der Waals surface area (Å²) in [5.41, 5.74) is 0.663. The van der Waals surface area contributed by atoms with Crippen LogP contribution in [0, 0.1) is 0 Å². The van der Waals surface area contributed by atoms with Crippen LogP contribution in [0.15, 0.2) is 18.2 Å². The van der Waals surface area contributed by atoms with Crippen molar-refractivity contribution in [3.8, 4) is 17.2 Å². The quantitative estimate of drug-likeness (QED) is 0.529. The van der Waals surface area contributed by atoms with Crippen LogP contribution in [0.4, 0.5) is 0 Å². The molecule has 1 heterocycles. The minimum absolute atomic E-state index is 0.233. The third-order valence-electron chi connectivity index (χ3n) is 3.80. The second kappa shape index (κ2) is 9.67. The van der Waals surface area contributed by atoms with Gasteiger partial charge < -0.3 is 28.6 Å². The SMILES string of the molecule is COc1cc(C=CC(=O)OCC(=O)N2CCOCC2)cc(OC)c1OC. The van der Waals surface area contributed by atoms with Crippen molar-refractivity contribution < 1.29 is 33.3 Å². The highest BCUT2D eigenvalue weighted by Gasteiger charge is 2.18. The van der Waals surface area contributed by atoms with E-state index in [9.17, 15) is 9.59 Å². The van der Waals surface area contributed by atoms with Gasteiger partial charge in [0.15, 0.2) is 18.1 Å². The first-order chi connectivity index (χ1) is 12.6. The van der Waals surface area contributed by atoms with E-state index in [1.54, 1.807) is 23.1 Å². The van der Waals surface area contributed by atoms with Crippen molar-refractivity contribution in [1.29, 1.82) is 0 Å². The average molecular weight is 365 g/mol. The molecule has 1 aromatic rings. The van der Waals surface area contributed by atoms with Crippen LogP contribution in [-0.2, 0) is 19.1 Å². The molecular weight excluding hydrogens is 342 g/mol. The smallest absolute Gasteiger partial charge is 0.331 e. The molecule has 26 heavy (non-hydrogen) atoms. The van der Waals surface area contributed by atoms with Gasteiger partial charge >= 0.3 is 5.97 Å². The number of rotatable bonds is 7. The van der Waals surface area contributed by atoms with Crippen molar-refractivity contribution in [1.82, 2.24) is 4.90 Å². The van der Waals surface area contributed by atoms with Gasteiger partial charge in [-0.1, -0.05) is 0 Å². The topological polar surface area (TPSA) is 83.5 Å². The summed E-state index contributed by atoms with van der Waals surface area (Å²) in [4.78, 5) is 25.4. The zero-order chi connectivity index (χ0) is 18.9. The summed E-state index contributed by atoms with van der Waals surface area (Å²) in [5, 5.41) is 0. The van der Waals surface area contributed by atoms with E-state index >= 15 is 0 Å². The van der Waals surface area contributed by atoms with Crippen LogP contribution in [-0.4, -0.2) is 71.0 Å². The number of carbonyl (C=O) groups excluding carboxylic acids is 2. The first kappa shape index (κ1) is 19.6. The molecule has 0 aromatic heterocycles. The second-order valence-corrected chi connectivity index (χ2v) is 5.39. The average Bonchev–Trinajstić information content (AvgIpc) is 2.69. The number of ether oxygens (including phenoxy) is 5. The van der Waals surface area contributed by atoms with Gasteiger partial charge in [0.2, 0.25) is 5.75 Å². The Bertz CT molecular complexity index is 640. The Balaban J connectivity index is 1.95. The fourth-order valence-corrected chi connectivity index (χ4v) is 2.45. The summed E-state index contributed by atoms with van der Waals surface area (Å²) < 4.78 is 25.9. The zero-order valence-corrected chi connectivity index (χ0v) is 15.1. The molecule has 1 aliphatic rings. The zero-order valence-electron chi connectivity index (χ0n) is 15.1. The first-order valence-corrected chi connectivity index (χ1v) is 8.09. The van der Waals surface area contributed by atoms with Crippen LogP contribution >= 0.6 is 0 Å². The van der Waals surface area contributed by atoms with Gasteiger partial charge in [0.25, 0.3) is 5.91 Å². The lowest BCUT2D eigenvalue weighted by Gasteiger charge is -2.26. The molecule has 2 rings (SSSR count). The van der Waals surface area contributed by atoms with Crippen LogP contribution in [0.3, 0.4) is 0 Å². The Morgan fingerprint density at radius 1 is 1.08 bits per heavy atom. The minimum Gasteiger partial charge on any atom is -0.493 e. The molecule has 142 valence electrons. The fraction of sp³-hybridized carbons (Fsp3) is 0.444. The molecule has 1 amide bonds. The van der Waals surface area contributed by atoms with Gasteiger partial charge in [-0.05, 0) is 23.8 Å². The van der Waals surface area contributed by atoms with Crippen molar-refractivity contribution in [2.75, 3.05) is 54.2 Å². The Hall–Kier alpha value is -2.74. The monoisotopic (exact) mass is 365 g/mol. The molecule has 0 aliphatic carbocycles. The van der Waals surface area contributed by atoms with Gasteiger partial charge in [0, 0.05) is 19.2 Å². The summed E-state index contributed by atoms with van der Waals surface area (Å²) in [6.45, 7) is 1.73. The number of carbonyl (C=O) groups is 2. The second-order valence-electron chi connectivity index (χ2n) is 5.39. The summed E-state index contributed by atoms with van der Waals surface area (Å²) in [6, 6.07) is 3.40. The molecule has 8 heteroatoms. The maximum absolute atomic E-state index is 11.9. The molecule has 0 saturated carbocycles. The molecule has 1 saturated heterocycles. The number of amides is 1. The number of esters is 1. The molecule has 0 N–H and O–H groups in total. The lowest BCUT2D eigenvalue weighted by atomic mass is 10.1. The van der Waals surface area contributed by atoms with E-state index in [-0.39, 0.29) is 12.5 Å². The van der Waals surface area contributed by atoms with Gasteiger partial charge in [-0.15, -0.1) is 0 Å². The Labute approximate surface area is 152 Å².